The van der Waals surface area contributed by atoms with E-state index in [4.69, 9.17) is 9.26 Å². The van der Waals surface area contributed by atoms with Crippen molar-refractivity contribution in [2.24, 2.45) is 0 Å². The van der Waals surface area contributed by atoms with Crippen molar-refractivity contribution >= 4 is 17.0 Å². The average molecular weight is 439 g/mol. The van der Waals surface area contributed by atoms with Gasteiger partial charge in [-0.25, -0.2) is 9.67 Å². The molecule has 0 fully saturated rings. The number of aromatic nitrogens is 4. The quantitative estimate of drug-likeness (QED) is 0.423. The molecule has 0 aliphatic rings. The molecule has 1 N–H and O–H groups in total. The summed E-state index contributed by atoms with van der Waals surface area (Å²) in [6.07, 6.45) is 3.63. The maximum atomic E-state index is 13.2. The molecule has 1 amide bonds. The number of carbonyl (C=O) groups excluding carboxylic acids is 1. The van der Waals surface area contributed by atoms with Gasteiger partial charge >= 0.3 is 0 Å². The third-order valence-corrected chi connectivity index (χ3v) is 5.36. The Hall–Kier alpha value is -4.46. The van der Waals surface area contributed by atoms with Crippen LogP contribution in [-0.2, 0) is 6.54 Å². The number of methoxy groups -OCH3 is 1. The Labute approximate surface area is 189 Å². The van der Waals surface area contributed by atoms with Crippen molar-refractivity contribution in [3.05, 3.63) is 89.9 Å². The Kier molecular flexibility index (Phi) is 5.32. The van der Waals surface area contributed by atoms with Gasteiger partial charge in [0.05, 0.1) is 41.3 Å². The zero-order valence-electron chi connectivity index (χ0n) is 18.1. The molecule has 0 bridgehead atoms. The van der Waals surface area contributed by atoms with Crippen molar-refractivity contribution in [1.29, 1.82) is 0 Å². The van der Waals surface area contributed by atoms with Crippen LogP contribution < -0.4 is 10.1 Å². The lowest BCUT2D eigenvalue weighted by molar-refractivity contribution is 0.0952. The molecular formula is C25H21N5O3. The highest BCUT2D eigenvalue weighted by molar-refractivity contribution is 6.06. The second kappa shape index (κ2) is 8.58. The van der Waals surface area contributed by atoms with Crippen LogP contribution in [0.1, 0.15) is 21.6 Å². The number of hydrogen-bond acceptors (Lipinski definition) is 6. The first-order valence-electron chi connectivity index (χ1n) is 10.4. The number of nitrogens with one attached hydrogen (secondary N) is 1. The molecule has 33 heavy (non-hydrogen) atoms. The Balaban J connectivity index is 1.42. The fraction of sp³-hybridized carbons (Fsp3) is 0.120. The molecule has 2 aromatic carbocycles. The smallest absolute Gasteiger partial charge is 0.259 e. The molecule has 0 spiro atoms. The van der Waals surface area contributed by atoms with Crippen LogP contribution in [0.3, 0.4) is 0 Å². The van der Waals surface area contributed by atoms with Gasteiger partial charge in [-0.2, -0.15) is 5.10 Å². The summed E-state index contributed by atoms with van der Waals surface area (Å²) in [4.78, 5) is 17.7. The standard InChI is InChI=1S/C25H21N5O3/c1-16-23-21(12-22(28-25(23)33-29-16)18-8-10-20(32-2)11-9-18)24(31)26-13-17-14-27-30(15-17)19-6-4-3-5-7-19/h3-12,14-15H,13H2,1-2H3,(H,26,31). The summed E-state index contributed by atoms with van der Waals surface area (Å²) >= 11 is 0. The second-order valence-electron chi connectivity index (χ2n) is 7.54. The van der Waals surface area contributed by atoms with Crippen molar-refractivity contribution in [2.75, 3.05) is 7.11 Å². The summed E-state index contributed by atoms with van der Waals surface area (Å²) in [6, 6.07) is 19.0. The SMILES string of the molecule is COc1ccc(-c2cc(C(=O)NCc3cnn(-c4ccccc4)c3)c3c(C)noc3n2)cc1. The topological polar surface area (TPSA) is 95.1 Å². The van der Waals surface area contributed by atoms with E-state index in [1.54, 1.807) is 31.0 Å². The van der Waals surface area contributed by atoms with Crippen LogP contribution in [-0.4, -0.2) is 32.9 Å². The Morgan fingerprint density at radius 2 is 1.91 bits per heavy atom. The number of benzene rings is 2. The van der Waals surface area contributed by atoms with E-state index in [2.05, 4.69) is 20.6 Å². The van der Waals surface area contributed by atoms with E-state index in [1.807, 2.05) is 60.8 Å². The van der Waals surface area contributed by atoms with Crippen LogP contribution in [0.5, 0.6) is 5.75 Å². The minimum Gasteiger partial charge on any atom is -0.497 e. The lowest BCUT2D eigenvalue weighted by Gasteiger charge is -2.08. The number of hydrogen-bond donors (Lipinski definition) is 1. The fourth-order valence-corrected chi connectivity index (χ4v) is 3.63. The molecule has 0 unspecified atom stereocenters. The van der Waals surface area contributed by atoms with Gasteiger partial charge in [0.25, 0.3) is 11.6 Å². The number of fused-ring (bicyclic) bond motifs is 1. The maximum Gasteiger partial charge on any atom is 0.259 e. The highest BCUT2D eigenvalue weighted by Gasteiger charge is 2.19. The number of carbonyl (C=O) groups is 1. The van der Waals surface area contributed by atoms with Gasteiger partial charge in [-0.05, 0) is 49.4 Å². The number of amides is 1. The van der Waals surface area contributed by atoms with Crippen molar-refractivity contribution in [2.45, 2.75) is 13.5 Å². The lowest BCUT2D eigenvalue weighted by atomic mass is 10.0. The van der Waals surface area contributed by atoms with Gasteiger partial charge in [-0.1, -0.05) is 23.4 Å². The van der Waals surface area contributed by atoms with Gasteiger partial charge in [-0.3, -0.25) is 4.79 Å². The molecule has 0 saturated carbocycles. The molecular weight excluding hydrogens is 418 g/mol. The first-order chi connectivity index (χ1) is 16.1. The summed E-state index contributed by atoms with van der Waals surface area (Å²) in [5, 5.41) is 12.0. The van der Waals surface area contributed by atoms with Gasteiger partial charge in [0.2, 0.25) is 0 Å². The predicted molar refractivity (Wildman–Crippen MR) is 123 cm³/mol. The van der Waals surface area contributed by atoms with Crippen molar-refractivity contribution < 1.29 is 14.1 Å². The largest absolute Gasteiger partial charge is 0.497 e. The van der Waals surface area contributed by atoms with Crippen molar-refractivity contribution in [3.63, 3.8) is 0 Å². The molecule has 0 radical (unpaired) electrons. The summed E-state index contributed by atoms with van der Waals surface area (Å²) < 4.78 is 12.4. The van der Waals surface area contributed by atoms with E-state index < -0.39 is 0 Å². The second-order valence-corrected chi connectivity index (χ2v) is 7.54. The average Bonchev–Trinajstić information content (AvgIpc) is 3.49. The number of para-hydroxylation sites is 1. The zero-order chi connectivity index (χ0) is 22.8. The molecule has 0 atom stereocenters. The molecule has 5 rings (SSSR count). The van der Waals surface area contributed by atoms with E-state index in [-0.39, 0.29) is 5.91 Å². The summed E-state index contributed by atoms with van der Waals surface area (Å²) in [5.41, 5.74) is 4.68. The van der Waals surface area contributed by atoms with Crippen LogP contribution >= 0.6 is 0 Å². The third-order valence-electron chi connectivity index (χ3n) is 5.36. The first kappa shape index (κ1) is 20.4. The van der Waals surface area contributed by atoms with E-state index in [0.29, 0.717) is 34.6 Å². The third kappa shape index (κ3) is 4.06. The predicted octanol–water partition coefficient (Wildman–Crippen LogP) is 4.32. The molecule has 3 heterocycles. The van der Waals surface area contributed by atoms with Crippen molar-refractivity contribution in [3.8, 4) is 22.7 Å². The molecule has 5 aromatic rings. The summed E-state index contributed by atoms with van der Waals surface area (Å²) in [5.74, 6) is 0.500. The Morgan fingerprint density at radius 1 is 1.12 bits per heavy atom. The number of rotatable bonds is 6. The van der Waals surface area contributed by atoms with Gasteiger partial charge in [0.15, 0.2) is 0 Å². The molecule has 0 saturated heterocycles. The van der Waals surface area contributed by atoms with Gasteiger partial charge in [-0.15, -0.1) is 0 Å². The van der Waals surface area contributed by atoms with E-state index in [9.17, 15) is 4.79 Å². The molecule has 164 valence electrons. The van der Waals surface area contributed by atoms with E-state index >= 15 is 0 Å². The van der Waals surface area contributed by atoms with Crippen LogP contribution in [0.2, 0.25) is 0 Å². The monoisotopic (exact) mass is 439 g/mol. The number of pyridine rings is 1. The van der Waals surface area contributed by atoms with Gasteiger partial charge < -0.3 is 14.6 Å². The fourth-order valence-electron chi connectivity index (χ4n) is 3.63. The van der Waals surface area contributed by atoms with E-state index in [1.165, 1.54) is 0 Å². The van der Waals surface area contributed by atoms with Gasteiger partial charge in [0, 0.05) is 23.9 Å². The van der Waals surface area contributed by atoms with Crippen LogP contribution in [0.25, 0.3) is 28.0 Å². The summed E-state index contributed by atoms with van der Waals surface area (Å²) in [6.45, 7) is 2.12. The Bertz CT molecular complexity index is 1420. The highest BCUT2D eigenvalue weighted by atomic mass is 16.5. The maximum absolute atomic E-state index is 13.2. The molecule has 0 aliphatic heterocycles. The van der Waals surface area contributed by atoms with E-state index in [0.717, 1.165) is 22.6 Å². The summed E-state index contributed by atoms with van der Waals surface area (Å²) in [7, 11) is 1.61. The first-order valence-corrected chi connectivity index (χ1v) is 10.4. The molecule has 8 nitrogen and oxygen atoms in total. The molecule has 3 aromatic heterocycles. The minimum absolute atomic E-state index is 0.240. The lowest BCUT2D eigenvalue weighted by Crippen LogP contribution is -2.23. The number of aryl methyl sites for hydroxylation is 1. The molecule has 0 aliphatic carbocycles. The minimum atomic E-state index is -0.240. The zero-order valence-corrected chi connectivity index (χ0v) is 18.1. The van der Waals surface area contributed by atoms with Crippen LogP contribution in [0.4, 0.5) is 0 Å². The Morgan fingerprint density at radius 3 is 2.67 bits per heavy atom. The number of nitrogens with zero attached hydrogens (tertiary/aromatic N) is 4. The van der Waals surface area contributed by atoms with Crippen molar-refractivity contribution in [1.82, 2.24) is 25.2 Å². The number of ether oxygens (including phenoxy) is 1. The van der Waals surface area contributed by atoms with Gasteiger partial charge in [0.1, 0.15) is 5.75 Å². The highest BCUT2D eigenvalue weighted by Crippen LogP contribution is 2.28. The van der Waals surface area contributed by atoms with Crippen LogP contribution in [0.15, 0.2) is 77.6 Å². The normalized spacial score (nSPS) is 11.0. The van der Waals surface area contributed by atoms with Crippen LogP contribution in [0, 0.1) is 6.92 Å². The molecule has 8 heteroatoms.